The SMILES string of the molecule is O=C(C1CCCOC1)N(Cc1ccccn1)C1CCCNCC1. The Morgan fingerprint density at radius 1 is 1.26 bits per heavy atom. The first-order valence-electron chi connectivity index (χ1n) is 8.83. The van der Waals surface area contributed by atoms with Crippen LogP contribution in [-0.4, -0.2) is 48.1 Å². The molecule has 2 unspecified atom stereocenters. The number of carbonyl (C=O) groups excluding carboxylic acids is 1. The van der Waals surface area contributed by atoms with Crippen LogP contribution < -0.4 is 5.32 Å². The van der Waals surface area contributed by atoms with Crippen LogP contribution in [0.1, 0.15) is 37.8 Å². The molecule has 0 aromatic carbocycles. The zero-order chi connectivity index (χ0) is 15.9. The number of aromatic nitrogens is 1. The van der Waals surface area contributed by atoms with E-state index in [9.17, 15) is 4.79 Å². The Labute approximate surface area is 138 Å². The smallest absolute Gasteiger partial charge is 0.228 e. The first kappa shape index (κ1) is 16.4. The van der Waals surface area contributed by atoms with Gasteiger partial charge in [-0.15, -0.1) is 0 Å². The molecule has 0 radical (unpaired) electrons. The topological polar surface area (TPSA) is 54.5 Å². The van der Waals surface area contributed by atoms with Crippen molar-refractivity contribution in [2.75, 3.05) is 26.3 Å². The highest BCUT2D eigenvalue weighted by Gasteiger charge is 2.31. The fraction of sp³-hybridized carbons (Fsp3) is 0.667. The van der Waals surface area contributed by atoms with Gasteiger partial charge < -0.3 is 15.0 Å². The predicted octanol–water partition coefficient (Wildman–Crippen LogP) is 1.98. The van der Waals surface area contributed by atoms with Crippen LogP contribution in [0, 0.1) is 5.92 Å². The van der Waals surface area contributed by atoms with Gasteiger partial charge in [0.05, 0.1) is 24.8 Å². The fourth-order valence-corrected chi connectivity index (χ4v) is 3.54. The predicted molar refractivity (Wildman–Crippen MR) is 88.8 cm³/mol. The molecule has 0 aliphatic carbocycles. The number of rotatable bonds is 4. The molecule has 2 saturated heterocycles. The Balaban J connectivity index is 1.75. The second-order valence-corrected chi connectivity index (χ2v) is 6.54. The third-order valence-corrected chi connectivity index (χ3v) is 4.84. The van der Waals surface area contributed by atoms with Crippen molar-refractivity contribution in [3.05, 3.63) is 30.1 Å². The summed E-state index contributed by atoms with van der Waals surface area (Å²) in [5.74, 6) is 0.269. The molecule has 126 valence electrons. The Kier molecular flexibility index (Phi) is 6.00. The van der Waals surface area contributed by atoms with Crippen LogP contribution in [0.15, 0.2) is 24.4 Å². The van der Waals surface area contributed by atoms with Crippen molar-refractivity contribution in [3.8, 4) is 0 Å². The van der Waals surface area contributed by atoms with Crippen molar-refractivity contribution in [1.29, 1.82) is 0 Å². The third kappa shape index (κ3) is 4.52. The van der Waals surface area contributed by atoms with E-state index in [-0.39, 0.29) is 11.8 Å². The van der Waals surface area contributed by atoms with Crippen LogP contribution in [0.25, 0.3) is 0 Å². The van der Waals surface area contributed by atoms with Crippen LogP contribution in [0.4, 0.5) is 0 Å². The summed E-state index contributed by atoms with van der Waals surface area (Å²) >= 11 is 0. The molecular formula is C18H27N3O2. The molecule has 3 heterocycles. The Bertz CT molecular complexity index is 480. The minimum atomic E-state index is 0.0173. The van der Waals surface area contributed by atoms with E-state index in [1.54, 1.807) is 6.20 Å². The second-order valence-electron chi connectivity index (χ2n) is 6.54. The molecule has 5 nitrogen and oxygen atoms in total. The normalized spacial score (nSPS) is 25.6. The summed E-state index contributed by atoms with van der Waals surface area (Å²) in [7, 11) is 0. The van der Waals surface area contributed by atoms with Gasteiger partial charge >= 0.3 is 0 Å². The molecule has 3 rings (SSSR count). The van der Waals surface area contributed by atoms with Gasteiger partial charge in [-0.25, -0.2) is 0 Å². The number of ether oxygens (including phenoxy) is 1. The maximum Gasteiger partial charge on any atom is 0.228 e. The van der Waals surface area contributed by atoms with Crippen molar-refractivity contribution >= 4 is 5.91 Å². The van der Waals surface area contributed by atoms with Crippen LogP contribution in [0.5, 0.6) is 0 Å². The number of pyridine rings is 1. The van der Waals surface area contributed by atoms with E-state index in [4.69, 9.17) is 4.74 Å². The summed E-state index contributed by atoms with van der Waals surface area (Å²) in [6.45, 7) is 4.01. The van der Waals surface area contributed by atoms with Crippen molar-refractivity contribution < 1.29 is 9.53 Å². The molecule has 1 amide bonds. The molecule has 0 bridgehead atoms. The summed E-state index contributed by atoms with van der Waals surface area (Å²) in [6, 6.07) is 6.22. The third-order valence-electron chi connectivity index (χ3n) is 4.84. The number of hydrogen-bond donors (Lipinski definition) is 1. The lowest BCUT2D eigenvalue weighted by Crippen LogP contribution is -2.45. The van der Waals surface area contributed by atoms with Gasteiger partial charge in [0, 0.05) is 18.8 Å². The average Bonchev–Trinajstić information content (AvgIpc) is 2.90. The van der Waals surface area contributed by atoms with E-state index in [1.807, 2.05) is 18.2 Å². The van der Waals surface area contributed by atoms with E-state index in [0.29, 0.717) is 19.2 Å². The van der Waals surface area contributed by atoms with Crippen LogP contribution in [0.3, 0.4) is 0 Å². The van der Waals surface area contributed by atoms with Gasteiger partial charge in [0.25, 0.3) is 0 Å². The highest BCUT2D eigenvalue weighted by molar-refractivity contribution is 5.79. The van der Waals surface area contributed by atoms with Gasteiger partial charge in [-0.2, -0.15) is 0 Å². The van der Waals surface area contributed by atoms with Crippen LogP contribution in [-0.2, 0) is 16.1 Å². The number of carbonyl (C=O) groups is 1. The van der Waals surface area contributed by atoms with Crippen LogP contribution in [0.2, 0.25) is 0 Å². The standard InChI is InChI=1S/C18H27N3O2/c22-18(15-5-4-12-23-14-15)21(13-16-6-1-2-10-20-16)17-7-3-9-19-11-8-17/h1-2,6,10,15,17,19H,3-5,7-9,11-14H2. The van der Waals surface area contributed by atoms with E-state index < -0.39 is 0 Å². The molecular weight excluding hydrogens is 290 g/mol. The maximum atomic E-state index is 13.1. The lowest BCUT2D eigenvalue weighted by molar-refractivity contribution is -0.143. The van der Waals surface area contributed by atoms with Crippen molar-refractivity contribution in [3.63, 3.8) is 0 Å². The van der Waals surface area contributed by atoms with Gasteiger partial charge in [-0.1, -0.05) is 6.07 Å². The average molecular weight is 317 g/mol. The summed E-state index contributed by atoms with van der Waals surface area (Å²) in [6.07, 6.45) is 6.95. The molecule has 1 N–H and O–H groups in total. The number of nitrogens with one attached hydrogen (secondary N) is 1. The molecule has 2 aliphatic heterocycles. The zero-order valence-corrected chi connectivity index (χ0v) is 13.7. The molecule has 1 aromatic heterocycles. The van der Waals surface area contributed by atoms with E-state index in [1.165, 1.54) is 0 Å². The van der Waals surface area contributed by atoms with Crippen LogP contribution >= 0.6 is 0 Å². The van der Waals surface area contributed by atoms with Crippen molar-refractivity contribution in [1.82, 2.24) is 15.2 Å². The summed E-state index contributed by atoms with van der Waals surface area (Å²) in [4.78, 5) is 19.6. The van der Waals surface area contributed by atoms with Crippen molar-refractivity contribution in [2.24, 2.45) is 5.92 Å². The van der Waals surface area contributed by atoms with Gasteiger partial charge in [0.2, 0.25) is 5.91 Å². The van der Waals surface area contributed by atoms with Gasteiger partial charge in [0.15, 0.2) is 0 Å². The largest absolute Gasteiger partial charge is 0.381 e. The van der Waals surface area contributed by atoms with E-state index >= 15 is 0 Å². The van der Waals surface area contributed by atoms with Gasteiger partial charge in [-0.05, 0) is 57.3 Å². The summed E-state index contributed by atoms with van der Waals surface area (Å²) < 4.78 is 5.54. The molecule has 0 spiro atoms. The highest BCUT2D eigenvalue weighted by Crippen LogP contribution is 2.23. The fourth-order valence-electron chi connectivity index (χ4n) is 3.54. The second kappa shape index (κ2) is 8.41. The first-order chi connectivity index (χ1) is 11.3. The molecule has 23 heavy (non-hydrogen) atoms. The monoisotopic (exact) mass is 317 g/mol. The first-order valence-corrected chi connectivity index (χ1v) is 8.83. The number of amides is 1. The molecule has 5 heteroatoms. The zero-order valence-electron chi connectivity index (χ0n) is 13.7. The molecule has 2 atom stereocenters. The lowest BCUT2D eigenvalue weighted by Gasteiger charge is -2.35. The van der Waals surface area contributed by atoms with E-state index in [2.05, 4.69) is 15.2 Å². The number of hydrogen-bond acceptors (Lipinski definition) is 4. The van der Waals surface area contributed by atoms with E-state index in [0.717, 1.165) is 57.5 Å². The Morgan fingerprint density at radius 3 is 3.00 bits per heavy atom. The maximum absolute atomic E-state index is 13.1. The lowest BCUT2D eigenvalue weighted by atomic mass is 9.98. The minimum absolute atomic E-state index is 0.0173. The Hall–Kier alpha value is -1.46. The molecule has 2 aliphatic rings. The molecule has 0 saturated carbocycles. The molecule has 1 aromatic rings. The van der Waals surface area contributed by atoms with Crippen molar-refractivity contribution in [2.45, 2.75) is 44.7 Å². The highest BCUT2D eigenvalue weighted by atomic mass is 16.5. The summed E-state index contributed by atoms with van der Waals surface area (Å²) in [5, 5.41) is 3.44. The number of nitrogens with zero attached hydrogens (tertiary/aromatic N) is 2. The quantitative estimate of drug-likeness (QED) is 0.922. The molecule has 2 fully saturated rings. The summed E-state index contributed by atoms with van der Waals surface area (Å²) in [5.41, 5.74) is 0.967. The van der Waals surface area contributed by atoms with Gasteiger partial charge in [-0.3, -0.25) is 9.78 Å². The minimum Gasteiger partial charge on any atom is -0.381 e. The Morgan fingerprint density at radius 2 is 2.22 bits per heavy atom. The van der Waals surface area contributed by atoms with Gasteiger partial charge in [0.1, 0.15) is 0 Å².